The third-order valence-corrected chi connectivity index (χ3v) is 10.8. The number of fused-ring (bicyclic) bond motifs is 1. The molecular weight excluding hydrogens is 703 g/mol. The molecule has 0 aliphatic heterocycles. The number of nitrogens with zero attached hydrogens (tertiary/aromatic N) is 3. The Balaban J connectivity index is 1.40. The minimum atomic E-state index is 1.05. The van der Waals surface area contributed by atoms with Crippen molar-refractivity contribution >= 4 is 62.0 Å². The Bertz CT molecular complexity index is 2600. The minimum absolute atomic E-state index is 1.05. The van der Waals surface area contributed by atoms with Crippen molar-refractivity contribution < 1.29 is 0 Å². The highest BCUT2D eigenvalue weighted by atomic mass is 15.2. The maximum Gasteiger partial charge on any atom is 0.0705 e. The van der Waals surface area contributed by atoms with E-state index in [1.807, 2.05) is 0 Å². The van der Waals surface area contributed by atoms with Gasteiger partial charge in [-0.2, -0.15) is 0 Å². The van der Waals surface area contributed by atoms with Gasteiger partial charge in [-0.1, -0.05) is 139 Å². The van der Waals surface area contributed by atoms with E-state index in [1.54, 1.807) is 0 Å². The van der Waals surface area contributed by atoms with E-state index in [4.69, 9.17) is 0 Å². The monoisotopic (exact) mass is 747 g/mol. The highest BCUT2D eigenvalue weighted by Gasteiger charge is 2.28. The van der Waals surface area contributed by atoms with Gasteiger partial charge in [0, 0.05) is 28.3 Å². The minimum Gasteiger partial charge on any atom is -0.308 e. The smallest absolute Gasteiger partial charge is 0.0705 e. The van der Waals surface area contributed by atoms with Crippen molar-refractivity contribution in [3.05, 3.63) is 235 Å². The summed E-state index contributed by atoms with van der Waals surface area (Å²) in [5, 5.41) is 2.43. The third kappa shape index (κ3) is 7.11. The van der Waals surface area contributed by atoms with Crippen LogP contribution in [0, 0.1) is 20.8 Å². The number of para-hydroxylation sites is 4. The molecular formula is C55H45N3. The van der Waals surface area contributed by atoms with Crippen LogP contribution in [0.25, 0.3) is 21.9 Å². The molecule has 0 amide bonds. The SMILES string of the molecule is Cc1ccc(N(c2ccc(C)cc2N(c2ccccc2)c2ccccc2)c2ccc(C)cc2N(c2ccccc2)c2ccccc2)c(-c2cccc3ccccc23)c1. The van der Waals surface area contributed by atoms with Gasteiger partial charge in [-0.15, -0.1) is 0 Å². The van der Waals surface area contributed by atoms with Gasteiger partial charge in [0.25, 0.3) is 0 Å². The molecule has 0 bridgehead atoms. The van der Waals surface area contributed by atoms with Gasteiger partial charge in [-0.05, 0) is 133 Å². The molecule has 0 heterocycles. The standard InChI is InChI=1S/C55H45N3/c1-40-31-34-51(50(37-40)49-30-18-20-43-19-16-17-29-48(43)49)58(52-35-32-41(2)38-54(52)56(44-21-8-4-9-22-44)45-23-10-5-11-24-45)53-36-33-42(3)39-55(53)57(46-25-12-6-13-26-46)47-27-14-7-15-28-47/h4-39H,1-3H3. The fourth-order valence-corrected chi connectivity index (χ4v) is 8.08. The number of anilines is 9. The maximum atomic E-state index is 2.50. The van der Waals surface area contributed by atoms with Crippen molar-refractivity contribution in [3.63, 3.8) is 0 Å². The summed E-state index contributed by atoms with van der Waals surface area (Å²) in [6.45, 7) is 6.56. The number of benzene rings is 9. The Kier molecular flexibility index (Phi) is 10.0. The fraction of sp³-hybridized carbons (Fsp3) is 0.0545. The Morgan fingerprint density at radius 1 is 0.259 bits per heavy atom. The van der Waals surface area contributed by atoms with Crippen LogP contribution in [-0.2, 0) is 0 Å². The molecule has 0 fully saturated rings. The zero-order chi connectivity index (χ0) is 39.4. The van der Waals surface area contributed by atoms with Crippen LogP contribution in [-0.4, -0.2) is 0 Å². The van der Waals surface area contributed by atoms with Crippen LogP contribution in [0.15, 0.2) is 218 Å². The molecule has 0 saturated carbocycles. The highest BCUT2D eigenvalue weighted by Crippen LogP contribution is 2.52. The molecule has 0 N–H and O–H groups in total. The highest BCUT2D eigenvalue weighted by molar-refractivity contribution is 6.04. The van der Waals surface area contributed by atoms with Crippen LogP contribution < -0.4 is 14.7 Å². The molecule has 0 atom stereocenters. The number of rotatable bonds is 10. The Morgan fingerprint density at radius 3 is 1.10 bits per heavy atom. The molecule has 0 aliphatic rings. The van der Waals surface area contributed by atoms with Crippen molar-refractivity contribution in [1.82, 2.24) is 0 Å². The van der Waals surface area contributed by atoms with E-state index in [1.165, 1.54) is 33.0 Å². The van der Waals surface area contributed by atoms with Crippen LogP contribution in [0.3, 0.4) is 0 Å². The molecule has 0 aromatic heterocycles. The molecule has 0 unspecified atom stereocenters. The summed E-state index contributed by atoms with van der Waals surface area (Å²) in [6.07, 6.45) is 0. The van der Waals surface area contributed by atoms with E-state index in [9.17, 15) is 0 Å². The lowest BCUT2D eigenvalue weighted by Crippen LogP contribution is -2.20. The number of hydrogen-bond acceptors (Lipinski definition) is 3. The largest absolute Gasteiger partial charge is 0.308 e. The van der Waals surface area contributed by atoms with Gasteiger partial charge >= 0.3 is 0 Å². The predicted octanol–water partition coefficient (Wildman–Crippen LogP) is 15.8. The molecule has 0 aliphatic carbocycles. The summed E-state index contributed by atoms with van der Waals surface area (Å²) in [4.78, 5) is 7.28. The first-order valence-electron chi connectivity index (χ1n) is 19.9. The summed E-state index contributed by atoms with van der Waals surface area (Å²) in [6, 6.07) is 78.9. The second kappa shape index (κ2) is 16.0. The van der Waals surface area contributed by atoms with E-state index in [-0.39, 0.29) is 0 Å². The molecule has 0 saturated heterocycles. The van der Waals surface area contributed by atoms with Crippen LogP contribution >= 0.6 is 0 Å². The van der Waals surface area contributed by atoms with Gasteiger partial charge in [-0.3, -0.25) is 0 Å². The second-order valence-electron chi connectivity index (χ2n) is 14.9. The summed E-state index contributed by atoms with van der Waals surface area (Å²) in [5.41, 5.74) is 15.5. The van der Waals surface area contributed by atoms with Crippen LogP contribution in [0.1, 0.15) is 16.7 Å². The molecule has 280 valence electrons. The maximum absolute atomic E-state index is 2.50. The van der Waals surface area contributed by atoms with Crippen molar-refractivity contribution in [1.29, 1.82) is 0 Å². The Labute approximate surface area is 342 Å². The average Bonchev–Trinajstić information content (AvgIpc) is 3.27. The normalized spacial score (nSPS) is 11.0. The lowest BCUT2D eigenvalue weighted by molar-refractivity contribution is 1.19. The van der Waals surface area contributed by atoms with Gasteiger partial charge in [-0.25, -0.2) is 0 Å². The fourth-order valence-electron chi connectivity index (χ4n) is 8.08. The summed E-state index contributed by atoms with van der Waals surface area (Å²) < 4.78 is 0. The van der Waals surface area contributed by atoms with E-state index in [0.29, 0.717) is 0 Å². The van der Waals surface area contributed by atoms with Crippen LogP contribution in [0.2, 0.25) is 0 Å². The van der Waals surface area contributed by atoms with Gasteiger partial charge < -0.3 is 14.7 Å². The Hall–Kier alpha value is -7.36. The summed E-state index contributed by atoms with van der Waals surface area (Å²) >= 11 is 0. The first-order chi connectivity index (χ1) is 28.5. The van der Waals surface area contributed by atoms with Crippen molar-refractivity contribution in [2.24, 2.45) is 0 Å². The molecule has 9 aromatic rings. The average molecular weight is 748 g/mol. The molecule has 0 spiro atoms. The van der Waals surface area contributed by atoms with Crippen LogP contribution in [0.4, 0.5) is 51.2 Å². The van der Waals surface area contributed by atoms with Crippen molar-refractivity contribution in [2.75, 3.05) is 14.7 Å². The molecule has 3 heteroatoms. The molecule has 0 radical (unpaired) electrons. The van der Waals surface area contributed by atoms with Crippen molar-refractivity contribution in [2.45, 2.75) is 20.8 Å². The van der Waals surface area contributed by atoms with E-state index in [0.717, 1.165) is 56.7 Å². The van der Waals surface area contributed by atoms with E-state index < -0.39 is 0 Å². The van der Waals surface area contributed by atoms with E-state index >= 15 is 0 Å². The predicted molar refractivity (Wildman–Crippen MR) is 248 cm³/mol. The lowest BCUT2D eigenvalue weighted by Gasteiger charge is -2.37. The summed E-state index contributed by atoms with van der Waals surface area (Å²) in [7, 11) is 0. The van der Waals surface area contributed by atoms with Crippen LogP contribution in [0.5, 0.6) is 0 Å². The topological polar surface area (TPSA) is 9.72 Å². The zero-order valence-corrected chi connectivity index (χ0v) is 33.1. The summed E-state index contributed by atoms with van der Waals surface area (Å²) in [5.74, 6) is 0. The molecule has 58 heavy (non-hydrogen) atoms. The first-order valence-corrected chi connectivity index (χ1v) is 19.9. The van der Waals surface area contributed by atoms with Gasteiger partial charge in [0.1, 0.15) is 0 Å². The quantitative estimate of drug-likeness (QED) is 0.138. The first kappa shape index (κ1) is 36.3. The lowest BCUT2D eigenvalue weighted by atomic mass is 9.94. The second-order valence-corrected chi connectivity index (χ2v) is 14.9. The van der Waals surface area contributed by atoms with Crippen molar-refractivity contribution in [3.8, 4) is 11.1 Å². The zero-order valence-electron chi connectivity index (χ0n) is 33.1. The number of aryl methyl sites for hydroxylation is 3. The number of hydrogen-bond donors (Lipinski definition) is 0. The van der Waals surface area contributed by atoms with Gasteiger partial charge in [0.05, 0.1) is 28.4 Å². The molecule has 3 nitrogen and oxygen atoms in total. The van der Waals surface area contributed by atoms with E-state index in [2.05, 4.69) is 254 Å². The third-order valence-electron chi connectivity index (χ3n) is 10.8. The molecule has 9 aromatic carbocycles. The molecule has 9 rings (SSSR count). The Morgan fingerprint density at radius 2 is 0.638 bits per heavy atom. The van der Waals surface area contributed by atoms with Gasteiger partial charge in [0.15, 0.2) is 0 Å². The van der Waals surface area contributed by atoms with Gasteiger partial charge in [0.2, 0.25) is 0 Å².